The Kier molecular flexibility index (Phi) is 3.11. The number of aromatic amines is 1. The molecule has 0 radical (unpaired) electrons. The van der Waals surface area contributed by atoms with Crippen LogP contribution in [0.25, 0.3) is 38.8 Å². The van der Waals surface area contributed by atoms with E-state index in [9.17, 15) is 0 Å². The molecule has 122 valence electrons. The molecule has 5 rings (SSSR count). The van der Waals surface area contributed by atoms with E-state index in [0.717, 1.165) is 44.5 Å². The second kappa shape index (κ2) is 5.46. The Hall–Kier alpha value is -3.12. The maximum absolute atomic E-state index is 5.26. The molecular weight excluding hydrogens is 332 g/mol. The van der Waals surface area contributed by atoms with Crippen molar-refractivity contribution in [3.63, 3.8) is 0 Å². The monoisotopic (exact) mass is 346 g/mol. The SMILES string of the molecule is COc1ccc(-c2nc3sccn3c2-c2nc3ccccc3[nH]2)cc1. The summed E-state index contributed by atoms with van der Waals surface area (Å²) in [5.74, 6) is 1.65. The highest BCUT2D eigenvalue weighted by molar-refractivity contribution is 7.15. The van der Waals surface area contributed by atoms with E-state index in [2.05, 4.69) is 9.38 Å². The molecule has 0 spiro atoms. The molecule has 5 nitrogen and oxygen atoms in total. The van der Waals surface area contributed by atoms with Crippen molar-refractivity contribution >= 4 is 27.3 Å². The molecule has 3 heterocycles. The van der Waals surface area contributed by atoms with Crippen LogP contribution in [0.2, 0.25) is 0 Å². The van der Waals surface area contributed by atoms with Crippen LogP contribution in [0.5, 0.6) is 5.75 Å². The number of rotatable bonds is 3. The fraction of sp³-hybridized carbons (Fsp3) is 0.0526. The van der Waals surface area contributed by atoms with Crippen molar-refractivity contribution in [1.82, 2.24) is 19.4 Å². The van der Waals surface area contributed by atoms with Crippen LogP contribution in [-0.4, -0.2) is 26.5 Å². The van der Waals surface area contributed by atoms with Gasteiger partial charge in [-0.05, 0) is 36.4 Å². The third-order valence-electron chi connectivity index (χ3n) is 4.24. The third kappa shape index (κ3) is 2.22. The standard InChI is InChI=1S/C19H14N4OS/c1-24-13-8-6-12(7-9-13)16-17(23-10-11-25-19(23)22-16)18-20-14-4-2-3-5-15(14)21-18/h2-11H,1H3,(H,20,21). The Morgan fingerprint density at radius 2 is 1.88 bits per heavy atom. The van der Waals surface area contributed by atoms with Crippen LogP contribution >= 0.6 is 11.3 Å². The molecule has 0 amide bonds. The Balaban J connectivity index is 1.76. The molecule has 0 atom stereocenters. The predicted octanol–water partition coefficient (Wildman–Crippen LogP) is 4.61. The number of nitrogens with one attached hydrogen (secondary N) is 1. The van der Waals surface area contributed by atoms with Gasteiger partial charge in [0.25, 0.3) is 0 Å². The minimum absolute atomic E-state index is 0.818. The summed E-state index contributed by atoms with van der Waals surface area (Å²) < 4.78 is 7.35. The van der Waals surface area contributed by atoms with E-state index in [1.165, 1.54) is 0 Å². The number of para-hydroxylation sites is 2. The molecule has 3 aromatic heterocycles. The maximum Gasteiger partial charge on any atom is 0.194 e. The molecule has 0 saturated carbocycles. The van der Waals surface area contributed by atoms with Crippen molar-refractivity contribution in [2.45, 2.75) is 0 Å². The molecule has 0 saturated heterocycles. The molecule has 2 aromatic carbocycles. The molecule has 0 bridgehead atoms. The lowest BCUT2D eigenvalue weighted by Crippen LogP contribution is -1.90. The number of hydrogen-bond acceptors (Lipinski definition) is 4. The minimum atomic E-state index is 0.818. The summed E-state index contributed by atoms with van der Waals surface area (Å²) in [7, 11) is 1.67. The number of benzene rings is 2. The number of fused-ring (bicyclic) bond motifs is 2. The highest BCUT2D eigenvalue weighted by Gasteiger charge is 2.19. The van der Waals surface area contributed by atoms with Gasteiger partial charge in [0.1, 0.15) is 17.1 Å². The van der Waals surface area contributed by atoms with E-state index in [1.54, 1.807) is 18.4 Å². The van der Waals surface area contributed by atoms with Crippen LogP contribution in [0.3, 0.4) is 0 Å². The van der Waals surface area contributed by atoms with Crippen LogP contribution in [0, 0.1) is 0 Å². The van der Waals surface area contributed by atoms with Gasteiger partial charge in [-0.2, -0.15) is 0 Å². The van der Waals surface area contributed by atoms with Crippen molar-refractivity contribution in [3.8, 4) is 28.5 Å². The van der Waals surface area contributed by atoms with Gasteiger partial charge in [-0.3, -0.25) is 4.40 Å². The van der Waals surface area contributed by atoms with Gasteiger partial charge in [0.2, 0.25) is 0 Å². The van der Waals surface area contributed by atoms with Crippen LogP contribution < -0.4 is 4.74 Å². The third-order valence-corrected chi connectivity index (χ3v) is 5.00. The molecule has 0 aliphatic carbocycles. The second-order valence-electron chi connectivity index (χ2n) is 5.70. The molecule has 0 aliphatic rings. The normalized spacial score (nSPS) is 11.4. The first-order valence-electron chi connectivity index (χ1n) is 7.88. The van der Waals surface area contributed by atoms with Gasteiger partial charge in [-0.1, -0.05) is 12.1 Å². The van der Waals surface area contributed by atoms with E-state index in [1.807, 2.05) is 60.1 Å². The summed E-state index contributed by atoms with van der Waals surface area (Å²) in [6, 6.07) is 16.0. The number of methoxy groups -OCH3 is 1. The summed E-state index contributed by atoms with van der Waals surface area (Å²) in [5, 5.41) is 2.03. The molecule has 0 aliphatic heterocycles. The summed E-state index contributed by atoms with van der Waals surface area (Å²) in [5.41, 5.74) is 4.88. The predicted molar refractivity (Wildman–Crippen MR) is 100 cm³/mol. The Labute approximate surface area is 147 Å². The van der Waals surface area contributed by atoms with Gasteiger partial charge in [0.15, 0.2) is 10.8 Å². The number of H-pyrrole nitrogens is 1. The topological polar surface area (TPSA) is 55.2 Å². The Morgan fingerprint density at radius 1 is 1.04 bits per heavy atom. The zero-order valence-electron chi connectivity index (χ0n) is 13.4. The number of ether oxygens (including phenoxy) is 1. The Morgan fingerprint density at radius 3 is 2.68 bits per heavy atom. The van der Waals surface area contributed by atoms with Crippen LogP contribution in [-0.2, 0) is 0 Å². The van der Waals surface area contributed by atoms with Gasteiger partial charge in [-0.25, -0.2) is 9.97 Å². The lowest BCUT2D eigenvalue weighted by atomic mass is 10.1. The highest BCUT2D eigenvalue weighted by atomic mass is 32.1. The molecule has 25 heavy (non-hydrogen) atoms. The van der Waals surface area contributed by atoms with E-state index in [-0.39, 0.29) is 0 Å². The first-order chi connectivity index (χ1) is 12.3. The zero-order chi connectivity index (χ0) is 16.8. The van der Waals surface area contributed by atoms with Crippen molar-refractivity contribution < 1.29 is 4.74 Å². The smallest absolute Gasteiger partial charge is 0.194 e. The fourth-order valence-electron chi connectivity index (χ4n) is 3.03. The molecule has 0 unspecified atom stereocenters. The summed E-state index contributed by atoms with van der Waals surface area (Å²) in [6.45, 7) is 0. The number of thiazole rings is 1. The first-order valence-corrected chi connectivity index (χ1v) is 8.76. The van der Waals surface area contributed by atoms with Crippen molar-refractivity contribution in [2.75, 3.05) is 7.11 Å². The number of hydrogen-bond donors (Lipinski definition) is 1. The minimum Gasteiger partial charge on any atom is -0.497 e. The van der Waals surface area contributed by atoms with E-state index < -0.39 is 0 Å². The maximum atomic E-state index is 5.26. The van der Waals surface area contributed by atoms with Gasteiger partial charge in [0, 0.05) is 17.1 Å². The van der Waals surface area contributed by atoms with Gasteiger partial charge < -0.3 is 9.72 Å². The zero-order valence-corrected chi connectivity index (χ0v) is 14.2. The quantitative estimate of drug-likeness (QED) is 0.519. The molecule has 0 fully saturated rings. The Bertz CT molecular complexity index is 1150. The highest BCUT2D eigenvalue weighted by Crippen LogP contribution is 2.34. The molecular formula is C19H14N4OS. The van der Waals surface area contributed by atoms with Gasteiger partial charge in [-0.15, -0.1) is 11.3 Å². The van der Waals surface area contributed by atoms with E-state index >= 15 is 0 Å². The average Bonchev–Trinajstić information content (AvgIpc) is 3.34. The van der Waals surface area contributed by atoms with Crippen molar-refractivity contribution in [3.05, 3.63) is 60.1 Å². The number of nitrogens with zero attached hydrogens (tertiary/aromatic N) is 3. The second-order valence-corrected chi connectivity index (χ2v) is 6.57. The van der Waals surface area contributed by atoms with E-state index in [4.69, 9.17) is 14.7 Å². The lowest BCUT2D eigenvalue weighted by molar-refractivity contribution is 0.415. The first kappa shape index (κ1) is 14.2. The lowest BCUT2D eigenvalue weighted by Gasteiger charge is -2.03. The molecule has 5 aromatic rings. The van der Waals surface area contributed by atoms with Crippen LogP contribution in [0.4, 0.5) is 0 Å². The number of imidazole rings is 2. The van der Waals surface area contributed by atoms with Gasteiger partial charge in [0.05, 0.1) is 18.1 Å². The van der Waals surface area contributed by atoms with Crippen LogP contribution in [0.1, 0.15) is 0 Å². The summed E-state index contributed by atoms with van der Waals surface area (Å²) in [4.78, 5) is 14.0. The van der Waals surface area contributed by atoms with Crippen molar-refractivity contribution in [1.29, 1.82) is 0 Å². The summed E-state index contributed by atoms with van der Waals surface area (Å²) in [6.07, 6.45) is 2.03. The number of aromatic nitrogens is 4. The van der Waals surface area contributed by atoms with E-state index in [0.29, 0.717) is 0 Å². The molecule has 6 heteroatoms. The average molecular weight is 346 g/mol. The van der Waals surface area contributed by atoms with Crippen molar-refractivity contribution in [2.24, 2.45) is 0 Å². The summed E-state index contributed by atoms with van der Waals surface area (Å²) >= 11 is 1.61. The van der Waals surface area contributed by atoms with Crippen LogP contribution in [0.15, 0.2) is 60.1 Å². The van der Waals surface area contributed by atoms with Gasteiger partial charge >= 0.3 is 0 Å². The fourth-order valence-corrected chi connectivity index (χ4v) is 3.74. The largest absolute Gasteiger partial charge is 0.497 e. The molecule has 1 N–H and O–H groups in total.